The van der Waals surface area contributed by atoms with Gasteiger partial charge in [-0.25, -0.2) is 0 Å². The van der Waals surface area contributed by atoms with Crippen molar-refractivity contribution in [3.05, 3.63) is 36.1 Å². The van der Waals surface area contributed by atoms with Crippen molar-refractivity contribution in [3.8, 4) is 0 Å². The van der Waals surface area contributed by atoms with Gasteiger partial charge in [-0.1, -0.05) is 18.2 Å². The molecule has 5 heteroatoms. The van der Waals surface area contributed by atoms with Crippen molar-refractivity contribution in [1.82, 2.24) is 5.32 Å². The summed E-state index contributed by atoms with van der Waals surface area (Å²) in [5.74, 6) is 0. The van der Waals surface area contributed by atoms with Crippen LogP contribution in [0.4, 0.5) is 13.2 Å². The standard InChI is InChI=1S/C14H16F3NO/c1-18-12(6-4-8-14(15,16)17)11-9-19-13-7-3-2-5-10(11)13/h2-3,5,7,9,12,18H,4,6,8H2,1H3. The predicted molar refractivity (Wildman–Crippen MR) is 67.9 cm³/mol. The Hall–Kier alpha value is -1.49. The van der Waals surface area contributed by atoms with E-state index >= 15 is 0 Å². The Balaban J connectivity index is 2.09. The largest absolute Gasteiger partial charge is 0.464 e. The van der Waals surface area contributed by atoms with Crippen molar-refractivity contribution in [1.29, 1.82) is 0 Å². The molecule has 0 aliphatic rings. The number of hydrogen-bond donors (Lipinski definition) is 1. The quantitative estimate of drug-likeness (QED) is 0.870. The topological polar surface area (TPSA) is 25.2 Å². The maximum absolute atomic E-state index is 12.2. The number of halogens is 3. The number of rotatable bonds is 5. The molecular weight excluding hydrogens is 255 g/mol. The molecule has 2 aromatic rings. The van der Waals surface area contributed by atoms with Gasteiger partial charge < -0.3 is 9.73 Å². The normalized spacial score (nSPS) is 13.9. The zero-order valence-corrected chi connectivity index (χ0v) is 10.6. The molecule has 0 saturated carbocycles. The predicted octanol–water partition coefficient (Wildman–Crippen LogP) is 4.43. The van der Waals surface area contributed by atoms with Gasteiger partial charge in [0.15, 0.2) is 0 Å². The molecule has 0 aliphatic carbocycles. The number of alkyl halides is 3. The van der Waals surface area contributed by atoms with Gasteiger partial charge in [-0.2, -0.15) is 13.2 Å². The minimum Gasteiger partial charge on any atom is -0.464 e. The van der Waals surface area contributed by atoms with E-state index in [-0.39, 0.29) is 12.5 Å². The molecule has 0 fully saturated rings. The summed E-state index contributed by atoms with van der Waals surface area (Å²) in [6.07, 6.45) is -2.68. The lowest BCUT2D eigenvalue weighted by atomic mass is 10.0. The van der Waals surface area contributed by atoms with Crippen LogP contribution in [0.3, 0.4) is 0 Å². The highest BCUT2D eigenvalue weighted by Crippen LogP contribution is 2.30. The van der Waals surface area contributed by atoms with Crippen molar-refractivity contribution in [3.63, 3.8) is 0 Å². The Morgan fingerprint density at radius 3 is 2.68 bits per heavy atom. The molecule has 0 bridgehead atoms. The highest BCUT2D eigenvalue weighted by molar-refractivity contribution is 5.81. The monoisotopic (exact) mass is 271 g/mol. The summed E-state index contributed by atoms with van der Waals surface area (Å²) < 4.78 is 41.9. The highest BCUT2D eigenvalue weighted by Gasteiger charge is 2.27. The first kappa shape index (κ1) is 13.9. The van der Waals surface area contributed by atoms with E-state index in [9.17, 15) is 13.2 Å². The van der Waals surface area contributed by atoms with Crippen LogP contribution in [-0.4, -0.2) is 13.2 Å². The zero-order chi connectivity index (χ0) is 13.9. The molecule has 104 valence electrons. The lowest BCUT2D eigenvalue weighted by Crippen LogP contribution is -2.17. The van der Waals surface area contributed by atoms with Crippen molar-refractivity contribution < 1.29 is 17.6 Å². The van der Waals surface area contributed by atoms with Crippen LogP contribution in [-0.2, 0) is 0 Å². The van der Waals surface area contributed by atoms with Crippen molar-refractivity contribution >= 4 is 11.0 Å². The number of fused-ring (bicyclic) bond motifs is 1. The Morgan fingerprint density at radius 1 is 1.26 bits per heavy atom. The van der Waals surface area contributed by atoms with Gasteiger partial charge in [-0.3, -0.25) is 0 Å². The van der Waals surface area contributed by atoms with Crippen LogP contribution in [0, 0.1) is 0 Å². The van der Waals surface area contributed by atoms with Crippen LogP contribution in [0.5, 0.6) is 0 Å². The molecule has 1 unspecified atom stereocenters. The molecule has 1 N–H and O–H groups in total. The third-order valence-electron chi connectivity index (χ3n) is 3.19. The molecule has 19 heavy (non-hydrogen) atoms. The summed E-state index contributed by atoms with van der Waals surface area (Å²) in [6.45, 7) is 0. The summed E-state index contributed by atoms with van der Waals surface area (Å²) in [7, 11) is 1.75. The summed E-state index contributed by atoms with van der Waals surface area (Å²) in [4.78, 5) is 0. The van der Waals surface area contributed by atoms with Gasteiger partial charge in [0.05, 0.1) is 6.26 Å². The fourth-order valence-electron chi connectivity index (χ4n) is 2.23. The van der Waals surface area contributed by atoms with Gasteiger partial charge in [0.25, 0.3) is 0 Å². The Kier molecular flexibility index (Phi) is 4.14. The van der Waals surface area contributed by atoms with E-state index in [0.717, 1.165) is 16.5 Å². The first-order valence-electron chi connectivity index (χ1n) is 6.21. The van der Waals surface area contributed by atoms with Crippen LogP contribution >= 0.6 is 0 Å². The average molecular weight is 271 g/mol. The molecule has 0 saturated heterocycles. The molecule has 1 heterocycles. The average Bonchev–Trinajstić information content (AvgIpc) is 2.77. The number of nitrogens with one attached hydrogen (secondary N) is 1. The Bertz CT molecular complexity index is 533. The maximum atomic E-state index is 12.2. The number of para-hydroxylation sites is 1. The first-order chi connectivity index (χ1) is 9.01. The number of hydrogen-bond acceptors (Lipinski definition) is 2. The van der Waals surface area contributed by atoms with Crippen molar-refractivity contribution in [2.45, 2.75) is 31.5 Å². The van der Waals surface area contributed by atoms with E-state index in [0.29, 0.717) is 6.42 Å². The third kappa shape index (κ3) is 3.50. The third-order valence-corrected chi connectivity index (χ3v) is 3.19. The summed E-state index contributed by atoms with van der Waals surface area (Å²) >= 11 is 0. The zero-order valence-electron chi connectivity index (χ0n) is 10.6. The van der Waals surface area contributed by atoms with Crippen molar-refractivity contribution in [2.24, 2.45) is 0 Å². The Labute approximate surface area is 109 Å². The first-order valence-corrected chi connectivity index (χ1v) is 6.21. The summed E-state index contributed by atoms with van der Waals surface area (Å²) in [5, 5.41) is 4.01. The second kappa shape index (κ2) is 5.65. The molecule has 0 aliphatic heterocycles. The van der Waals surface area contributed by atoms with E-state index in [1.807, 2.05) is 24.3 Å². The second-order valence-electron chi connectivity index (χ2n) is 4.54. The Morgan fingerprint density at radius 2 is 2.00 bits per heavy atom. The minimum absolute atomic E-state index is 0.106. The molecule has 1 aromatic carbocycles. The van der Waals surface area contributed by atoms with E-state index in [1.165, 1.54) is 0 Å². The summed E-state index contributed by atoms with van der Waals surface area (Å²) in [5.41, 5.74) is 1.67. The van der Waals surface area contributed by atoms with Crippen LogP contribution in [0.25, 0.3) is 11.0 Å². The lowest BCUT2D eigenvalue weighted by Gasteiger charge is -2.15. The molecular formula is C14H16F3NO. The van der Waals surface area contributed by atoms with E-state index in [4.69, 9.17) is 4.42 Å². The van der Waals surface area contributed by atoms with Gasteiger partial charge in [0, 0.05) is 23.4 Å². The van der Waals surface area contributed by atoms with Gasteiger partial charge in [0.1, 0.15) is 5.58 Å². The number of furan rings is 1. The van der Waals surface area contributed by atoms with Gasteiger partial charge in [-0.15, -0.1) is 0 Å². The van der Waals surface area contributed by atoms with Crippen LogP contribution in [0.2, 0.25) is 0 Å². The molecule has 0 amide bonds. The van der Waals surface area contributed by atoms with Crippen molar-refractivity contribution in [2.75, 3.05) is 7.05 Å². The fraction of sp³-hybridized carbons (Fsp3) is 0.429. The molecule has 0 spiro atoms. The number of benzene rings is 1. The van der Waals surface area contributed by atoms with Gasteiger partial charge >= 0.3 is 6.18 Å². The fourth-order valence-corrected chi connectivity index (χ4v) is 2.23. The molecule has 0 radical (unpaired) electrons. The molecule has 2 rings (SSSR count). The van der Waals surface area contributed by atoms with Crippen LogP contribution in [0.15, 0.2) is 34.9 Å². The molecule has 2 nitrogen and oxygen atoms in total. The molecule has 1 atom stereocenters. The maximum Gasteiger partial charge on any atom is 0.389 e. The van der Waals surface area contributed by atoms with E-state index in [2.05, 4.69) is 5.32 Å². The minimum atomic E-state index is -4.09. The van der Waals surface area contributed by atoms with E-state index < -0.39 is 12.6 Å². The van der Waals surface area contributed by atoms with Gasteiger partial charge in [0.2, 0.25) is 0 Å². The summed E-state index contributed by atoms with van der Waals surface area (Å²) in [6, 6.07) is 7.41. The van der Waals surface area contributed by atoms with Crippen LogP contribution in [0.1, 0.15) is 30.9 Å². The molecule has 1 aromatic heterocycles. The van der Waals surface area contributed by atoms with Gasteiger partial charge in [-0.05, 0) is 26.0 Å². The SMILES string of the molecule is CNC(CCCC(F)(F)F)c1coc2ccccc12. The second-order valence-corrected chi connectivity index (χ2v) is 4.54. The highest BCUT2D eigenvalue weighted by atomic mass is 19.4. The van der Waals surface area contributed by atoms with E-state index in [1.54, 1.807) is 13.3 Å². The smallest absolute Gasteiger partial charge is 0.389 e. The lowest BCUT2D eigenvalue weighted by molar-refractivity contribution is -0.135. The van der Waals surface area contributed by atoms with Crippen LogP contribution < -0.4 is 5.32 Å².